The van der Waals surface area contributed by atoms with Gasteiger partial charge in [-0.3, -0.25) is 4.79 Å². The molecule has 1 aliphatic rings. The standard InChI is InChI=1S/C17H21NO6S/c1-11(2)15(16(20)22-9-14-24-13(19)10-25-14)18-17(21)23-8-12-6-4-3-5-7-12/h3-7,11,14-15H,8-10H2,1-2H3,(H,18,21)/t14-,15-/m0/s1. The van der Waals surface area contributed by atoms with Gasteiger partial charge in [-0.05, 0) is 11.5 Å². The maximum absolute atomic E-state index is 12.2. The van der Waals surface area contributed by atoms with Crippen molar-refractivity contribution in [2.24, 2.45) is 5.92 Å². The van der Waals surface area contributed by atoms with Gasteiger partial charge in [-0.2, -0.15) is 0 Å². The van der Waals surface area contributed by atoms with Gasteiger partial charge in [-0.25, -0.2) is 9.59 Å². The molecule has 1 amide bonds. The first-order valence-electron chi connectivity index (χ1n) is 7.90. The van der Waals surface area contributed by atoms with E-state index in [2.05, 4.69) is 5.32 Å². The summed E-state index contributed by atoms with van der Waals surface area (Å²) < 4.78 is 15.2. The zero-order valence-electron chi connectivity index (χ0n) is 14.1. The summed E-state index contributed by atoms with van der Waals surface area (Å²) in [4.78, 5) is 35.1. The number of hydrogen-bond donors (Lipinski definition) is 1. The SMILES string of the molecule is CC(C)[C@H](NC(=O)OCc1ccccc1)C(=O)OC[C@H]1OC(=O)CS1. The number of rotatable bonds is 7. The van der Waals surface area contributed by atoms with Crippen molar-refractivity contribution >= 4 is 29.8 Å². The van der Waals surface area contributed by atoms with Crippen LogP contribution >= 0.6 is 11.8 Å². The number of carbonyl (C=O) groups excluding carboxylic acids is 3. The number of cyclic esters (lactones) is 1. The van der Waals surface area contributed by atoms with Crippen molar-refractivity contribution in [1.29, 1.82) is 0 Å². The second-order valence-corrected chi connectivity index (χ2v) is 6.94. The molecule has 8 heteroatoms. The quantitative estimate of drug-likeness (QED) is 0.583. The Morgan fingerprint density at radius 3 is 2.60 bits per heavy atom. The molecule has 2 atom stereocenters. The second kappa shape index (κ2) is 9.31. The Bertz CT molecular complexity index is 606. The molecule has 0 aromatic heterocycles. The van der Waals surface area contributed by atoms with E-state index >= 15 is 0 Å². The first-order chi connectivity index (χ1) is 12.0. The molecule has 0 spiro atoms. The third-order valence-corrected chi connectivity index (χ3v) is 4.42. The van der Waals surface area contributed by atoms with Crippen LogP contribution in [-0.4, -0.2) is 41.9 Å². The van der Waals surface area contributed by atoms with E-state index in [0.29, 0.717) is 0 Å². The summed E-state index contributed by atoms with van der Waals surface area (Å²) in [6.45, 7) is 3.64. The van der Waals surface area contributed by atoms with Crippen LogP contribution in [0.1, 0.15) is 19.4 Å². The molecule has 0 bridgehead atoms. The van der Waals surface area contributed by atoms with E-state index < -0.39 is 23.5 Å². The molecule has 7 nitrogen and oxygen atoms in total. The lowest BCUT2D eigenvalue weighted by Gasteiger charge is -2.21. The number of hydrogen-bond acceptors (Lipinski definition) is 7. The van der Waals surface area contributed by atoms with E-state index in [1.165, 1.54) is 11.8 Å². The van der Waals surface area contributed by atoms with Crippen LogP contribution in [0, 0.1) is 5.92 Å². The number of carbonyl (C=O) groups is 3. The number of thioether (sulfide) groups is 1. The highest BCUT2D eigenvalue weighted by atomic mass is 32.2. The summed E-state index contributed by atoms with van der Waals surface area (Å²) in [5.74, 6) is -0.847. The molecule has 1 aliphatic heterocycles. The molecule has 1 aromatic rings. The first-order valence-corrected chi connectivity index (χ1v) is 8.95. The minimum atomic E-state index is -0.842. The van der Waals surface area contributed by atoms with Crippen molar-refractivity contribution in [3.05, 3.63) is 35.9 Å². The van der Waals surface area contributed by atoms with Gasteiger partial charge in [0.1, 0.15) is 19.3 Å². The molecule has 1 saturated heterocycles. The zero-order chi connectivity index (χ0) is 18.2. The van der Waals surface area contributed by atoms with Gasteiger partial charge in [0.25, 0.3) is 0 Å². The smallest absolute Gasteiger partial charge is 0.408 e. The Morgan fingerprint density at radius 1 is 1.28 bits per heavy atom. The highest BCUT2D eigenvalue weighted by Gasteiger charge is 2.30. The van der Waals surface area contributed by atoms with Gasteiger partial charge in [-0.1, -0.05) is 44.2 Å². The van der Waals surface area contributed by atoms with E-state index in [1.807, 2.05) is 30.3 Å². The largest absolute Gasteiger partial charge is 0.459 e. The van der Waals surface area contributed by atoms with Crippen LogP contribution in [0.25, 0.3) is 0 Å². The van der Waals surface area contributed by atoms with Crippen LogP contribution in [0.15, 0.2) is 30.3 Å². The van der Waals surface area contributed by atoms with Crippen molar-refractivity contribution in [2.45, 2.75) is 31.9 Å². The molecular formula is C17H21NO6S. The van der Waals surface area contributed by atoms with Crippen LogP contribution in [0.2, 0.25) is 0 Å². The van der Waals surface area contributed by atoms with Gasteiger partial charge in [0.15, 0.2) is 5.44 Å². The Kier molecular flexibility index (Phi) is 7.12. The molecule has 2 rings (SSSR count). The molecule has 136 valence electrons. The minimum absolute atomic E-state index is 0.0425. The lowest BCUT2D eigenvalue weighted by Crippen LogP contribution is -2.46. The fraction of sp³-hybridized carbons (Fsp3) is 0.471. The van der Waals surface area contributed by atoms with Gasteiger partial charge in [0.2, 0.25) is 0 Å². The number of ether oxygens (including phenoxy) is 3. The number of nitrogens with one attached hydrogen (secondary N) is 1. The Labute approximate surface area is 150 Å². The molecule has 1 heterocycles. The molecular weight excluding hydrogens is 346 g/mol. The van der Waals surface area contributed by atoms with Gasteiger partial charge in [0.05, 0.1) is 5.75 Å². The lowest BCUT2D eigenvalue weighted by atomic mass is 10.1. The number of esters is 2. The van der Waals surface area contributed by atoms with Gasteiger partial charge in [-0.15, -0.1) is 11.8 Å². The molecule has 1 N–H and O–H groups in total. The van der Waals surface area contributed by atoms with Gasteiger partial charge < -0.3 is 19.5 Å². The van der Waals surface area contributed by atoms with Crippen molar-refractivity contribution in [3.8, 4) is 0 Å². The van der Waals surface area contributed by atoms with E-state index in [0.717, 1.165) is 5.56 Å². The van der Waals surface area contributed by atoms with E-state index in [4.69, 9.17) is 14.2 Å². The maximum Gasteiger partial charge on any atom is 0.408 e. The maximum atomic E-state index is 12.2. The second-order valence-electron chi connectivity index (χ2n) is 5.79. The van der Waals surface area contributed by atoms with Crippen LogP contribution in [0.5, 0.6) is 0 Å². The monoisotopic (exact) mass is 367 g/mol. The molecule has 1 fully saturated rings. The van der Waals surface area contributed by atoms with E-state index in [1.54, 1.807) is 13.8 Å². The molecule has 0 aliphatic carbocycles. The molecule has 1 aromatic carbocycles. The fourth-order valence-corrected chi connectivity index (χ4v) is 2.82. The summed E-state index contributed by atoms with van der Waals surface area (Å²) in [7, 11) is 0. The Morgan fingerprint density at radius 2 is 2.00 bits per heavy atom. The van der Waals surface area contributed by atoms with Gasteiger partial charge >= 0.3 is 18.0 Å². The third-order valence-electron chi connectivity index (χ3n) is 3.42. The summed E-state index contributed by atoms with van der Waals surface area (Å²) in [6, 6.07) is 8.39. The Hall–Kier alpha value is -2.22. The first kappa shape index (κ1) is 19.1. The summed E-state index contributed by atoms with van der Waals surface area (Å²) in [5, 5.41) is 2.52. The summed E-state index contributed by atoms with van der Waals surface area (Å²) in [5.41, 5.74) is 0.357. The number of amides is 1. The van der Waals surface area contributed by atoms with Crippen LogP contribution in [-0.2, 0) is 30.4 Å². The van der Waals surface area contributed by atoms with E-state index in [9.17, 15) is 14.4 Å². The molecule has 0 saturated carbocycles. The average molecular weight is 367 g/mol. The normalized spacial score (nSPS) is 17.7. The van der Waals surface area contributed by atoms with Crippen molar-refractivity contribution < 1.29 is 28.6 Å². The average Bonchev–Trinajstić information content (AvgIpc) is 3.02. The minimum Gasteiger partial charge on any atom is -0.459 e. The zero-order valence-corrected chi connectivity index (χ0v) is 14.9. The summed E-state index contributed by atoms with van der Waals surface area (Å²) >= 11 is 1.27. The van der Waals surface area contributed by atoms with Crippen molar-refractivity contribution in [1.82, 2.24) is 5.32 Å². The lowest BCUT2D eigenvalue weighted by molar-refractivity contribution is -0.153. The molecule has 0 unspecified atom stereocenters. The number of alkyl carbamates (subject to hydrolysis) is 1. The third kappa shape index (κ3) is 6.30. The summed E-state index contributed by atoms with van der Waals surface area (Å²) in [6.07, 6.45) is -0.693. The molecule has 0 radical (unpaired) electrons. The highest BCUT2D eigenvalue weighted by Crippen LogP contribution is 2.21. The van der Waals surface area contributed by atoms with Crippen molar-refractivity contribution in [3.63, 3.8) is 0 Å². The van der Waals surface area contributed by atoms with Crippen LogP contribution in [0.3, 0.4) is 0 Å². The predicted molar refractivity (Wildman–Crippen MR) is 91.7 cm³/mol. The fourth-order valence-electron chi connectivity index (χ4n) is 2.09. The highest BCUT2D eigenvalue weighted by molar-refractivity contribution is 8.00. The van der Waals surface area contributed by atoms with Crippen LogP contribution in [0.4, 0.5) is 4.79 Å². The van der Waals surface area contributed by atoms with Crippen molar-refractivity contribution in [2.75, 3.05) is 12.4 Å². The molecule has 25 heavy (non-hydrogen) atoms. The van der Waals surface area contributed by atoms with Gasteiger partial charge in [0, 0.05) is 0 Å². The van der Waals surface area contributed by atoms with E-state index in [-0.39, 0.29) is 30.9 Å². The topological polar surface area (TPSA) is 90.9 Å². The Balaban J connectivity index is 1.79. The number of benzene rings is 1. The van der Waals surface area contributed by atoms with Crippen LogP contribution < -0.4 is 5.32 Å². The predicted octanol–water partition coefficient (Wildman–Crippen LogP) is 2.10.